The number of halogens is 2. The van der Waals surface area contributed by atoms with Gasteiger partial charge < -0.3 is 9.67 Å². The van der Waals surface area contributed by atoms with E-state index < -0.39 is 0 Å². The summed E-state index contributed by atoms with van der Waals surface area (Å²) in [6, 6.07) is 5.34. The molecule has 2 rings (SSSR count). The summed E-state index contributed by atoms with van der Waals surface area (Å²) in [5.41, 5.74) is 0.752. The molecule has 0 aliphatic heterocycles. The molecule has 0 unspecified atom stereocenters. The van der Waals surface area contributed by atoms with Gasteiger partial charge in [0.25, 0.3) is 0 Å². The third-order valence-corrected chi connectivity index (χ3v) is 3.14. The Balaban J connectivity index is 2.60. The number of aliphatic hydroxyl groups is 1. The minimum absolute atomic E-state index is 0.129. The van der Waals surface area contributed by atoms with E-state index >= 15 is 0 Å². The van der Waals surface area contributed by atoms with E-state index in [0.717, 1.165) is 5.56 Å². The second kappa shape index (κ2) is 5.26. The van der Waals surface area contributed by atoms with Crippen LogP contribution in [-0.4, -0.2) is 19.9 Å². The normalized spacial score (nSPS) is 11.2. The lowest BCUT2D eigenvalue weighted by Crippen LogP contribution is -2.08. The zero-order valence-corrected chi connectivity index (χ0v) is 11.6. The van der Waals surface area contributed by atoms with Crippen molar-refractivity contribution in [2.24, 2.45) is 0 Å². The Morgan fingerprint density at radius 2 is 2.00 bits per heavy atom. The van der Waals surface area contributed by atoms with Crippen LogP contribution < -0.4 is 0 Å². The van der Waals surface area contributed by atoms with Crippen LogP contribution in [-0.2, 0) is 6.61 Å². The predicted octanol–water partition coefficient (Wildman–Crippen LogP) is 3.33. The van der Waals surface area contributed by atoms with Crippen LogP contribution in [0.2, 0.25) is 10.0 Å². The molecule has 96 valence electrons. The van der Waals surface area contributed by atoms with E-state index in [1.807, 2.05) is 18.4 Å². The molecule has 2 aromatic rings. The van der Waals surface area contributed by atoms with Crippen molar-refractivity contribution in [3.63, 3.8) is 0 Å². The number of rotatable bonds is 3. The lowest BCUT2D eigenvalue weighted by molar-refractivity contribution is 0.262. The van der Waals surface area contributed by atoms with Gasteiger partial charge in [-0.15, -0.1) is 10.2 Å². The summed E-state index contributed by atoms with van der Waals surface area (Å²) in [6.45, 7) is 3.84. The lowest BCUT2D eigenvalue weighted by atomic mass is 10.2. The van der Waals surface area contributed by atoms with Crippen LogP contribution in [0.3, 0.4) is 0 Å². The van der Waals surface area contributed by atoms with Gasteiger partial charge in [-0.25, -0.2) is 0 Å². The highest BCUT2D eigenvalue weighted by Crippen LogP contribution is 2.31. The quantitative estimate of drug-likeness (QED) is 0.941. The van der Waals surface area contributed by atoms with E-state index in [2.05, 4.69) is 10.2 Å². The van der Waals surface area contributed by atoms with Crippen LogP contribution in [0.15, 0.2) is 18.2 Å². The fourth-order valence-electron chi connectivity index (χ4n) is 1.83. The van der Waals surface area contributed by atoms with Crippen molar-refractivity contribution in [1.82, 2.24) is 14.8 Å². The van der Waals surface area contributed by atoms with Crippen molar-refractivity contribution >= 4 is 23.2 Å². The Morgan fingerprint density at radius 1 is 1.28 bits per heavy atom. The summed E-state index contributed by atoms with van der Waals surface area (Å²) >= 11 is 12.0. The third-order valence-electron chi connectivity index (χ3n) is 2.60. The average molecular weight is 286 g/mol. The molecular formula is C12H13Cl2N3O. The van der Waals surface area contributed by atoms with Crippen LogP contribution in [0, 0.1) is 0 Å². The molecule has 0 amide bonds. The van der Waals surface area contributed by atoms with Crippen molar-refractivity contribution in [2.45, 2.75) is 26.5 Å². The van der Waals surface area contributed by atoms with E-state index in [-0.39, 0.29) is 12.6 Å². The molecule has 0 saturated carbocycles. The number of hydrogen-bond acceptors (Lipinski definition) is 3. The summed E-state index contributed by atoms with van der Waals surface area (Å²) in [6.07, 6.45) is 0. The summed E-state index contributed by atoms with van der Waals surface area (Å²) in [7, 11) is 0. The Bertz CT molecular complexity index is 566. The van der Waals surface area contributed by atoms with Crippen molar-refractivity contribution in [3.05, 3.63) is 34.1 Å². The monoisotopic (exact) mass is 285 g/mol. The number of aliphatic hydroxyl groups excluding tert-OH is 1. The van der Waals surface area contributed by atoms with Gasteiger partial charge >= 0.3 is 0 Å². The van der Waals surface area contributed by atoms with Crippen molar-refractivity contribution in [3.8, 4) is 11.4 Å². The molecule has 1 heterocycles. The lowest BCUT2D eigenvalue weighted by Gasteiger charge is -2.13. The van der Waals surface area contributed by atoms with E-state index in [4.69, 9.17) is 23.2 Å². The van der Waals surface area contributed by atoms with Gasteiger partial charge in [0.15, 0.2) is 11.6 Å². The standard InChI is InChI=1S/C12H13Cl2N3O/c1-7(2)17-11(6-18)15-16-12(17)9-4-3-8(13)5-10(9)14/h3-5,7,18H,6H2,1-2H3. The Hall–Kier alpha value is -1.10. The second-order valence-corrected chi connectivity index (χ2v) is 5.03. The molecule has 0 aliphatic carbocycles. The average Bonchev–Trinajstić information content (AvgIpc) is 2.72. The highest BCUT2D eigenvalue weighted by Gasteiger charge is 2.17. The van der Waals surface area contributed by atoms with Crippen molar-refractivity contribution < 1.29 is 5.11 Å². The van der Waals surface area contributed by atoms with Crippen LogP contribution in [0.1, 0.15) is 25.7 Å². The summed E-state index contributed by atoms with van der Waals surface area (Å²) in [5.74, 6) is 1.15. The fraction of sp³-hybridized carbons (Fsp3) is 0.333. The smallest absolute Gasteiger partial charge is 0.165 e. The maximum atomic E-state index is 9.26. The second-order valence-electron chi connectivity index (χ2n) is 4.19. The maximum Gasteiger partial charge on any atom is 0.165 e. The highest BCUT2D eigenvalue weighted by atomic mass is 35.5. The molecule has 0 fully saturated rings. The first-order chi connectivity index (χ1) is 8.54. The molecule has 0 saturated heterocycles. The first-order valence-electron chi connectivity index (χ1n) is 5.54. The molecule has 4 nitrogen and oxygen atoms in total. The van der Waals surface area contributed by atoms with Crippen LogP contribution in [0.5, 0.6) is 0 Å². The minimum atomic E-state index is -0.156. The van der Waals surface area contributed by atoms with Crippen LogP contribution >= 0.6 is 23.2 Å². The Kier molecular flexibility index (Phi) is 3.90. The van der Waals surface area contributed by atoms with Gasteiger partial charge in [0, 0.05) is 16.6 Å². The van der Waals surface area contributed by atoms with Crippen molar-refractivity contribution in [1.29, 1.82) is 0 Å². The first kappa shape index (κ1) is 13.3. The zero-order valence-electron chi connectivity index (χ0n) is 10.1. The van der Waals surface area contributed by atoms with E-state index in [0.29, 0.717) is 21.7 Å². The molecule has 6 heteroatoms. The number of hydrogen-bond donors (Lipinski definition) is 1. The molecule has 0 spiro atoms. The Labute approximate surface area is 115 Å². The third kappa shape index (κ3) is 2.36. The largest absolute Gasteiger partial charge is 0.388 e. The first-order valence-corrected chi connectivity index (χ1v) is 6.30. The molecule has 1 aromatic heterocycles. The number of benzene rings is 1. The molecule has 0 radical (unpaired) electrons. The topological polar surface area (TPSA) is 50.9 Å². The number of aromatic nitrogens is 3. The van der Waals surface area contributed by atoms with Crippen molar-refractivity contribution in [2.75, 3.05) is 0 Å². The predicted molar refractivity (Wildman–Crippen MR) is 71.8 cm³/mol. The highest BCUT2D eigenvalue weighted by molar-refractivity contribution is 6.36. The van der Waals surface area contributed by atoms with Crippen LogP contribution in [0.25, 0.3) is 11.4 Å². The fourth-order valence-corrected chi connectivity index (χ4v) is 2.32. The Morgan fingerprint density at radius 3 is 2.56 bits per heavy atom. The van der Waals surface area contributed by atoms with Gasteiger partial charge in [0.1, 0.15) is 6.61 Å². The molecule has 1 N–H and O–H groups in total. The molecular weight excluding hydrogens is 273 g/mol. The number of nitrogens with zero attached hydrogens (tertiary/aromatic N) is 3. The van der Waals surface area contributed by atoms with Crippen LogP contribution in [0.4, 0.5) is 0 Å². The molecule has 1 aromatic carbocycles. The van der Waals surface area contributed by atoms with Gasteiger partial charge in [0.05, 0.1) is 5.02 Å². The van der Waals surface area contributed by atoms with Gasteiger partial charge in [-0.2, -0.15) is 0 Å². The SMILES string of the molecule is CC(C)n1c(CO)nnc1-c1ccc(Cl)cc1Cl. The zero-order chi connectivity index (χ0) is 13.3. The summed E-state index contributed by atoms with van der Waals surface area (Å²) in [5, 5.41) is 18.4. The molecule has 0 bridgehead atoms. The van der Waals surface area contributed by atoms with Gasteiger partial charge in [-0.05, 0) is 32.0 Å². The summed E-state index contributed by atoms with van der Waals surface area (Å²) < 4.78 is 1.86. The van der Waals surface area contributed by atoms with E-state index in [1.165, 1.54) is 0 Å². The van der Waals surface area contributed by atoms with Gasteiger partial charge in [-0.3, -0.25) is 0 Å². The van der Waals surface area contributed by atoms with E-state index in [1.54, 1.807) is 18.2 Å². The van der Waals surface area contributed by atoms with Gasteiger partial charge in [-0.1, -0.05) is 23.2 Å². The molecule has 0 atom stereocenters. The summed E-state index contributed by atoms with van der Waals surface area (Å²) in [4.78, 5) is 0. The van der Waals surface area contributed by atoms with Gasteiger partial charge in [0.2, 0.25) is 0 Å². The minimum Gasteiger partial charge on any atom is -0.388 e. The van der Waals surface area contributed by atoms with E-state index in [9.17, 15) is 5.11 Å². The maximum absolute atomic E-state index is 9.26. The molecule has 0 aliphatic rings. The molecule has 18 heavy (non-hydrogen) atoms.